The number of rotatable bonds is 7. The highest BCUT2D eigenvalue weighted by Crippen LogP contribution is 2.39. The number of carbonyl (C=O) groups is 1. The normalized spacial score (nSPS) is 10.5. The van der Waals surface area contributed by atoms with Crippen LogP contribution in [0.5, 0.6) is 17.2 Å². The number of benzene rings is 1. The van der Waals surface area contributed by atoms with Gasteiger partial charge < -0.3 is 18.9 Å². The third-order valence-electron chi connectivity index (χ3n) is 3.16. The van der Waals surface area contributed by atoms with Crippen LogP contribution in [0.2, 0.25) is 0 Å². The van der Waals surface area contributed by atoms with Crippen molar-refractivity contribution in [2.75, 3.05) is 33.9 Å². The number of hydrogen-bond donors (Lipinski definition) is 1. The first-order valence-electron chi connectivity index (χ1n) is 6.90. The molecule has 8 heteroatoms. The van der Waals surface area contributed by atoms with E-state index in [1.165, 1.54) is 32.7 Å². The lowest BCUT2D eigenvalue weighted by molar-refractivity contribution is 0.0607. The Balaban J connectivity index is 2.24. The highest BCUT2D eigenvalue weighted by Gasteiger charge is 2.15. The Bertz CT molecular complexity index is 742. The van der Waals surface area contributed by atoms with Gasteiger partial charge in [0.15, 0.2) is 11.5 Å². The summed E-state index contributed by atoms with van der Waals surface area (Å²) in [6.45, 7) is 0. The van der Waals surface area contributed by atoms with Gasteiger partial charge in [0.2, 0.25) is 5.75 Å². The van der Waals surface area contributed by atoms with Crippen molar-refractivity contribution >= 4 is 29.2 Å². The smallest absolute Gasteiger partial charge is 0.350 e. The van der Waals surface area contributed by atoms with Gasteiger partial charge in [-0.1, -0.05) is 0 Å². The SMILES string of the molecule is COC(=O)c1sccc1N/N=C\c1ccc(OC)c(OC)c1OC. The molecule has 1 aromatic carbocycles. The number of carbonyl (C=O) groups excluding carboxylic acids is 1. The van der Waals surface area contributed by atoms with Crippen molar-refractivity contribution in [3.05, 3.63) is 34.0 Å². The third kappa shape index (κ3) is 3.60. The zero-order valence-electron chi connectivity index (χ0n) is 13.8. The number of thiophene rings is 1. The topological polar surface area (TPSA) is 78.4 Å². The Morgan fingerprint density at radius 3 is 2.46 bits per heavy atom. The van der Waals surface area contributed by atoms with Crippen molar-refractivity contribution in [3.8, 4) is 17.2 Å². The molecule has 0 aliphatic carbocycles. The van der Waals surface area contributed by atoms with Gasteiger partial charge in [-0.2, -0.15) is 5.10 Å². The number of hydrogen-bond acceptors (Lipinski definition) is 8. The predicted octanol–water partition coefficient (Wildman–Crippen LogP) is 3.01. The molecule has 2 rings (SSSR count). The van der Waals surface area contributed by atoms with Gasteiger partial charge in [-0.05, 0) is 23.6 Å². The molecule has 7 nitrogen and oxygen atoms in total. The minimum absolute atomic E-state index is 0.411. The van der Waals surface area contributed by atoms with Gasteiger partial charge in [-0.15, -0.1) is 11.3 Å². The fourth-order valence-corrected chi connectivity index (χ4v) is 2.81. The molecular weight excluding hydrogens is 332 g/mol. The lowest BCUT2D eigenvalue weighted by Gasteiger charge is -2.13. The van der Waals surface area contributed by atoms with Crippen LogP contribution in [-0.4, -0.2) is 40.6 Å². The van der Waals surface area contributed by atoms with Crippen LogP contribution in [0.4, 0.5) is 5.69 Å². The van der Waals surface area contributed by atoms with E-state index in [-0.39, 0.29) is 0 Å². The molecular formula is C16H18N2O5S. The van der Waals surface area contributed by atoms with Crippen molar-refractivity contribution in [1.29, 1.82) is 0 Å². The summed E-state index contributed by atoms with van der Waals surface area (Å²) in [5, 5.41) is 5.93. The van der Waals surface area contributed by atoms with E-state index in [1.807, 2.05) is 0 Å². The monoisotopic (exact) mass is 350 g/mol. The Hall–Kier alpha value is -2.74. The average molecular weight is 350 g/mol. The van der Waals surface area contributed by atoms with Crippen LogP contribution >= 0.6 is 11.3 Å². The van der Waals surface area contributed by atoms with E-state index < -0.39 is 5.97 Å². The standard InChI is InChI=1S/C16H18N2O5S/c1-20-12-6-5-10(13(21-2)14(12)22-3)9-17-18-11-7-8-24-15(11)16(19)23-4/h5-9,18H,1-4H3/b17-9-. The van der Waals surface area contributed by atoms with E-state index in [1.54, 1.807) is 36.9 Å². The molecule has 1 aromatic heterocycles. The van der Waals surface area contributed by atoms with E-state index in [9.17, 15) is 4.79 Å². The molecule has 1 N–H and O–H groups in total. The molecule has 24 heavy (non-hydrogen) atoms. The van der Waals surface area contributed by atoms with Crippen LogP contribution in [0, 0.1) is 0 Å². The molecule has 128 valence electrons. The summed E-state index contributed by atoms with van der Waals surface area (Å²) in [7, 11) is 5.96. The molecule has 0 saturated heterocycles. The van der Waals surface area contributed by atoms with Crippen LogP contribution in [0.15, 0.2) is 28.7 Å². The van der Waals surface area contributed by atoms with Crippen molar-refractivity contribution in [1.82, 2.24) is 0 Å². The van der Waals surface area contributed by atoms with E-state index in [2.05, 4.69) is 10.5 Å². The second kappa shape index (κ2) is 8.21. The second-order valence-electron chi connectivity index (χ2n) is 4.45. The quantitative estimate of drug-likeness (QED) is 0.470. The summed E-state index contributed by atoms with van der Waals surface area (Å²) in [5.74, 6) is 1.13. The van der Waals surface area contributed by atoms with Crippen molar-refractivity contribution < 1.29 is 23.7 Å². The summed E-state index contributed by atoms with van der Waals surface area (Å²) in [4.78, 5) is 12.1. The minimum Gasteiger partial charge on any atom is -0.493 e. The molecule has 0 aliphatic rings. The maximum absolute atomic E-state index is 11.6. The number of esters is 1. The van der Waals surface area contributed by atoms with Gasteiger partial charge in [0.1, 0.15) is 4.88 Å². The average Bonchev–Trinajstić information content (AvgIpc) is 3.08. The van der Waals surface area contributed by atoms with E-state index in [4.69, 9.17) is 18.9 Å². The van der Waals surface area contributed by atoms with Gasteiger partial charge in [0, 0.05) is 5.56 Å². The molecule has 0 aliphatic heterocycles. The van der Waals surface area contributed by atoms with E-state index in [0.29, 0.717) is 33.4 Å². The van der Waals surface area contributed by atoms with Gasteiger partial charge in [0.25, 0.3) is 0 Å². The molecule has 0 fully saturated rings. The van der Waals surface area contributed by atoms with Gasteiger partial charge in [0.05, 0.1) is 40.3 Å². The molecule has 0 spiro atoms. The van der Waals surface area contributed by atoms with Crippen LogP contribution in [-0.2, 0) is 4.74 Å². The minimum atomic E-state index is -0.411. The summed E-state index contributed by atoms with van der Waals surface area (Å²) >= 11 is 1.27. The van der Waals surface area contributed by atoms with E-state index in [0.717, 1.165) is 0 Å². The number of nitrogens with one attached hydrogen (secondary N) is 1. The zero-order valence-corrected chi connectivity index (χ0v) is 14.6. The van der Waals surface area contributed by atoms with E-state index >= 15 is 0 Å². The Kier molecular flexibility index (Phi) is 6.02. The van der Waals surface area contributed by atoms with Gasteiger partial charge in [-0.3, -0.25) is 5.43 Å². The van der Waals surface area contributed by atoms with Crippen LogP contribution in [0.25, 0.3) is 0 Å². The van der Waals surface area contributed by atoms with Gasteiger partial charge >= 0.3 is 5.97 Å². The molecule has 0 amide bonds. The summed E-state index contributed by atoms with van der Waals surface area (Å²) in [5.41, 5.74) is 4.09. The van der Waals surface area contributed by atoms with Crippen molar-refractivity contribution in [3.63, 3.8) is 0 Å². The molecule has 0 saturated carbocycles. The lowest BCUT2D eigenvalue weighted by atomic mass is 10.2. The molecule has 2 aromatic rings. The predicted molar refractivity (Wildman–Crippen MR) is 93.0 cm³/mol. The number of anilines is 1. The first-order valence-corrected chi connectivity index (χ1v) is 7.78. The van der Waals surface area contributed by atoms with Gasteiger partial charge in [-0.25, -0.2) is 4.79 Å². The fraction of sp³-hybridized carbons (Fsp3) is 0.250. The van der Waals surface area contributed by atoms with Crippen LogP contribution in [0.3, 0.4) is 0 Å². The lowest BCUT2D eigenvalue weighted by Crippen LogP contribution is -2.02. The molecule has 0 bridgehead atoms. The highest BCUT2D eigenvalue weighted by atomic mass is 32.1. The number of hydrazone groups is 1. The largest absolute Gasteiger partial charge is 0.493 e. The van der Waals surface area contributed by atoms with Crippen LogP contribution in [0.1, 0.15) is 15.2 Å². The summed E-state index contributed by atoms with van der Waals surface area (Å²) < 4.78 is 20.7. The highest BCUT2D eigenvalue weighted by molar-refractivity contribution is 7.12. The van der Waals surface area contributed by atoms with Crippen LogP contribution < -0.4 is 19.6 Å². The van der Waals surface area contributed by atoms with Crippen molar-refractivity contribution in [2.24, 2.45) is 5.10 Å². The Morgan fingerprint density at radius 1 is 1.08 bits per heavy atom. The number of methoxy groups -OCH3 is 4. The molecule has 0 unspecified atom stereocenters. The summed E-state index contributed by atoms with van der Waals surface area (Å²) in [6.07, 6.45) is 1.57. The maximum Gasteiger partial charge on any atom is 0.350 e. The Morgan fingerprint density at radius 2 is 1.83 bits per heavy atom. The number of ether oxygens (including phenoxy) is 4. The zero-order chi connectivity index (χ0) is 17.5. The first-order chi connectivity index (χ1) is 11.7. The van der Waals surface area contributed by atoms with Crippen molar-refractivity contribution in [2.45, 2.75) is 0 Å². The number of nitrogens with zero attached hydrogens (tertiary/aromatic N) is 1. The molecule has 0 atom stereocenters. The third-order valence-corrected chi connectivity index (χ3v) is 4.05. The fourth-order valence-electron chi connectivity index (χ4n) is 2.05. The molecule has 0 radical (unpaired) electrons. The second-order valence-corrected chi connectivity index (χ2v) is 5.36. The maximum atomic E-state index is 11.6. The molecule has 1 heterocycles. The first kappa shape index (κ1) is 17.6. The summed E-state index contributed by atoms with van der Waals surface area (Å²) in [6, 6.07) is 5.30. The Labute approximate surface area is 143 Å².